The van der Waals surface area contributed by atoms with E-state index in [2.05, 4.69) is 5.09 Å². The van der Waals surface area contributed by atoms with Crippen molar-refractivity contribution in [3.63, 3.8) is 0 Å². The zero-order chi connectivity index (χ0) is 8.20. The third-order valence-electron chi connectivity index (χ3n) is 0.698. The van der Waals surface area contributed by atoms with E-state index in [0.29, 0.717) is 0 Å². The normalized spacial score (nSPS) is 11.4. The van der Waals surface area contributed by atoms with Crippen LogP contribution in [0.3, 0.4) is 0 Å². The molecule has 0 unspecified atom stereocenters. The number of carbonyl (C=O) groups is 1. The molecule has 0 saturated carbocycles. The van der Waals surface area contributed by atoms with E-state index in [9.17, 15) is 9.36 Å². The van der Waals surface area contributed by atoms with Crippen LogP contribution in [0.4, 0.5) is 0 Å². The van der Waals surface area contributed by atoms with Gasteiger partial charge in [0.05, 0.1) is 6.42 Å². The van der Waals surface area contributed by atoms with Crippen LogP contribution in [0.1, 0.15) is 6.42 Å². The Morgan fingerprint density at radius 1 is 1.60 bits per heavy atom. The summed E-state index contributed by atoms with van der Waals surface area (Å²) in [7, 11) is -3.24. The first-order valence-electron chi connectivity index (χ1n) is 2.56. The van der Waals surface area contributed by atoms with Crippen molar-refractivity contribution >= 4 is 13.6 Å². The highest BCUT2D eigenvalue weighted by Gasteiger charge is 2.06. The first kappa shape index (κ1) is 9.58. The lowest BCUT2D eigenvalue weighted by molar-refractivity contribution is -0.136. The Balaban J connectivity index is 3.39. The Kier molecular flexibility index (Phi) is 3.52. The topological polar surface area (TPSA) is 118 Å². The standard InChI is InChI=1S/C3H10N3O3P/c4-10(5,9)6-2-1-3(7)8/h1-2H2,(H,7,8)(H5,4,5,6,9). The molecule has 0 amide bonds. The van der Waals surface area contributed by atoms with E-state index < -0.39 is 13.6 Å². The number of rotatable bonds is 4. The maximum atomic E-state index is 10.4. The SMILES string of the molecule is NP(N)(=O)NCCC(=O)O. The number of hydrogen-bond acceptors (Lipinski definition) is 2. The van der Waals surface area contributed by atoms with Gasteiger partial charge in [-0.15, -0.1) is 0 Å². The summed E-state index contributed by atoms with van der Waals surface area (Å²) in [6.45, 7) is 0.0274. The third-order valence-corrected chi connectivity index (χ3v) is 1.42. The molecular weight excluding hydrogens is 157 g/mol. The summed E-state index contributed by atoms with van der Waals surface area (Å²) < 4.78 is 10.4. The highest BCUT2D eigenvalue weighted by Crippen LogP contribution is 2.16. The minimum atomic E-state index is -3.24. The van der Waals surface area contributed by atoms with E-state index >= 15 is 0 Å². The van der Waals surface area contributed by atoms with Crippen LogP contribution >= 0.6 is 7.59 Å². The quantitative estimate of drug-likeness (QED) is 0.402. The van der Waals surface area contributed by atoms with Gasteiger partial charge < -0.3 is 5.11 Å². The molecule has 60 valence electrons. The van der Waals surface area contributed by atoms with Gasteiger partial charge in [-0.25, -0.2) is 5.09 Å². The first-order valence-corrected chi connectivity index (χ1v) is 4.40. The van der Waals surface area contributed by atoms with Crippen molar-refractivity contribution in [1.82, 2.24) is 5.09 Å². The zero-order valence-electron chi connectivity index (χ0n) is 5.28. The minimum Gasteiger partial charge on any atom is -0.481 e. The van der Waals surface area contributed by atoms with E-state index in [0.717, 1.165) is 0 Å². The summed E-state index contributed by atoms with van der Waals surface area (Å²) in [5.41, 5.74) is 9.70. The van der Waals surface area contributed by atoms with Gasteiger partial charge >= 0.3 is 5.97 Å². The van der Waals surface area contributed by atoms with Crippen LogP contribution in [0.2, 0.25) is 0 Å². The van der Waals surface area contributed by atoms with Crippen LogP contribution in [-0.4, -0.2) is 17.6 Å². The molecule has 0 spiro atoms. The maximum Gasteiger partial charge on any atom is 0.304 e. The summed E-state index contributed by atoms with van der Waals surface area (Å²) in [4.78, 5) is 9.87. The van der Waals surface area contributed by atoms with E-state index in [1.165, 1.54) is 0 Å². The number of carboxylic acids is 1. The second kappa shape index (κ2) is 3.68. The highest BCUT2D eigenvalue weighted by molar-refractivity contribution is 7.56. The third kappa shape index (κ3) is 7.58. The maximum absolute atomic E-state index is 10.4. The number of nitrogens with two attached hydrogens (primary N) is 2. The molecule has 7 heteroatoms. The van der Waals surface area contributed by atoms with Gasteiger partial charge in [0, 0.05) is 6.54 Å². The van der Waals surface area contributed by atoms with Crippen molar-refractivity contribution in [1.29, 1.82) is 0 Å². The number of aliphatic carboxylic acids is 1. The lowest BCUT2D eigenvalue weighted by Gasteiger charge is -2.05. The molecule has 0 aliphatic carbocycles. The van der Waals surface area contributed by atoms with Gasteiger partial charge in [0.25, 0.3) is 7.59 Å². The van der Waals surface area contributed by atoms with Gasteiger partial charge in [-0.2, -0.15) is 0 Å². The summed E-state index contributed by atoms with van der Waals surface area (Å²) in [6.07, 6.45) is -0.140. The number of nitrogens with one attached hydrogen (secondary N) is 1. The lowest BCUT2D eigenvalue weighted by Crippen LogP contribution is -2.24. The molecule has 0 atom stereocenters. The molecule has 0 bridgehead atoms. The molecule has 0 aliphatic rings. The number of carboxylic acid groups (broad SMARTS) is 1. The van der Waals surface area contributed by atoms with Crippen LogP contribution < -0.4 is 16.1 Å². The minimum absolute atomic E-state index is 0.0274. The summed E-state index contributed by atoms with van der Waals surface area (Å²) in [6, 6.07) is 0. The zero-order valence-corrected chi connectivity index (χ0v) is 6.17. The summed E-state index contributed by atoms with van der Waals surface area (Å²) >= 11 is 0. The van der Waals surface area contributed by atoms with Gasteiger partial charge in [-0.1, -0.05) is 0 Å². The second-order valence-corrected chi connectivity index (χ2v) is 3.50. The average molecular weight is 167 g/mol. The predicted octanol–water partition coefficient (Wildman–Crippen LogP) is -0.924. The molecule has 0 radical (unpaired) electrons. The van der Waals surface area contributed by atoms with Crippen LogP contribution in [0.5, 0.6) is 0 Å². The van der Waals surface area contributed by atoms with E-state index in [-0.39, 0.29) is 13.0 Å². The Hall–Kier alpha value is -0.420. The van der Waals surface area contributed by atoms with Gasteiger partial charge in [-0.05, 0) is 0 Å². The fourth-order valence-electron chi connectivity index (χ4n) is 0.338. The van der Waals surface area contributed by atoms with Crippen LogP contribution in [-0.2, 0) is 9.36 Å². The van der Waals surface area contributed by atoms with Crippen molar-refractivity contribution in [2.75, 3.05) is 6.54 Å². The van der Waals surface area contributed by atoms with Crippen molar-refractivity contribution in [2.45, 2.75) is 6.42 Å². The van der Waals surface area contributed by atoms with Crippen molar-refractivity contribution in [3.05, 3.63) is 0 Å². The lowest BCUT2D eigenvalue weighted by atomic mass is 10.5. The van der Waals surface area contributed by atoms with E-state index in [1.807, 2.05) is 0 Å². The fourth-order valence-corrected chi connectivity index (χ4v) is 0.799. The van der Waals surface area contributed by atoms with Crippen LogP contribution in [0.15, 0.2) is 0 Å². The predicted molar refractivity (Wildman–Crippen MR) is 36.2 cm³/mol. The van der Waals surface area contributed by atoms with E-state index in [1.54, 1.807) is 0 Å². The van der Waals surface area contributed by atoms with Crippen molar-refractivity contribution in [3.8, 4) is 0 Å². The Morgan fingerprint density at radius 3 is 2.40 bits per heavy atom. The van der Waals surface area contributed by atoms with Crippen LogP contribution in [0, 0.1) is 0 Å². The molecular formula is C3H10N3O3P. The van der Waals surface area contributed by atoms with Crippen molar-refractivity contribution in [2.24, 2.45) is 11.0 Å². The molecule has 0 rings (SSSR count). The smallest absolute Gasteiger partial charge is 0.304 e. The Bertz CT molecular complexity index is 164. The Labute approximate surface area is 58.1 Å². The van der Waals surface area contributed by atoms with Gasteiger partial charge in [0.1, 0.15) is 0 Å². The van der Waals surface area contributed by atoms with Crippen LogP contribution in [0.25, 0.3) is 0 Å². The molecule has 0 saturated heterocycles. The number of hydrogen-bond donors (Lipinski definition) is 4. The van der Waals surface area contributed by atoms with Crippen molar-refractivity contribution < 1.29 is 14.5 Å². The summed E-state index contributed by atoms with van der Waals surface area (Å²) in [5.74, 6) is -0.985. The molecule has 0 aliphatic heterocycles. The first-order chi connectivity index (χ1) is 4.42. The van der Waals surface area contributed by atoms with E-state index in [4.69, 9.17) is 16.1 Å². The molecule has 0 aromatic heterocycles. The fraction of sp³-hybridized carbons (Fsp3) is 0.667. The van der Waals surface area contributed by atoms with Gasteiger partial charge in [0.15, 0.2) is 0 Å². The van der Waals surface area contributed by atoms with Gasteiger partial charge in [0.2, 0.25) is 0 Å². The molecule has 6 nitrogen and oxygen atoms in total. The van der Waals surface area contributed by atoms with Gasteiger partial charge in [-0.3, -0.25) is 20.4 Å². The Morgan fingerprint density at radius 2 is 2.10 bits per heavy atom. The monoisotopic (exact) mass is 167 g/mol. The average Bonchev–Trinajstić information content (AvgIpc) is 1.59. The summed E-state index contributed by atoms with van der Waals surface area (Å²) in [5, 5.41) is 10.3. The molecule has 6 N–H and O–H groups in total. The molecule has 10 heavy (non-hydrogen) atoms. The highest BCUT2D eigenvalue weighted by atomic mass is 31.2. The molecule has 0 aromatic rings. The molecule has 0 heterocycles. The molecule has 0 fully saturated rings. The largest absolute Gasteiger partial charge is 0.481 e. The molecule has 0 aromatic carbocycles. The second-order valence-electron chi connectivity index (χ2n) is 1.76.